The predicted molar refractivity (Wildman–Crippen MR) is 69.8 cm³/mol. The lowest BCUT2D eigenvalue weighted by atomic mass is 9.85. The predicted octanol–water partition coefficient (Wildman–Crippen LogP) is 1.96. The van der Waals surface area contributed by atoms with E-state index in [0.29, 0.717) is 18.8 Å². The number of hydrogen-bond acceptors (Lipinski definition) is 3. The molecule has 3 unspecified atom stereocenters. The number of carbonyl (C=O) groups is 2. The monoisotopic (exact) mass is 255 g/mol. The molecule has 104 valence electrons. The van der Waals surface area contributed by atoms with E-state index in [-0.39, 0.29) is 30.4 Å². The summed E-state index contributed by atoms with van der Waals surface area (Å²) in [5, 5.41) is 8.93. The van der Waals surface area contributed by atoms with Gasteiger partial charge < -0.3 is 5.11 Å². The lowest BCUT2D eigenvalue weighted by molar-refractivity contribution is -0.142. The molecule has 18 heavy (non-hydrogen) atoms. The Labute approximate surface area is 109 Å². The van der Waals surface area contributed by atoms with E-state index in [1.807, 2.05) is 6.92 Å². The number of nitrogens with zero attached hydrogens (tertiary/aromatic N) is 1. The fourth-order valence-electron chi connectivity index (χ4n) is 2.88. The average molecular weight is 255 g/mol. The normalized spacial score (nSPS) is 23.6. The maximum Gasteiger partial charge on any atom is 0.233 e. The van der Waals surface area contributed by atoms with Gasteiger partial charge in [-0.25, -0.2) is 0 Å². The van der Waals surface area contributed by atoms with E-state index in [1.54, 1.807) is 0 Å². The highest BCUT2D eigenvalue weighted by molar-refractivity contribution is 6.04. The van der Waals surface area contributed by atoms with Gasteiger partial charge >= 0.3 is 0 Å². The standard InChI is InChI=1S/C14H25NO3/c1-4-6-11(5-2)12-9-13(17)15(14(12)18)10(3)7-8-16/h10-12,16H,4-9H2,1-3H3. The van der Waals surface area contributed by atoms with Gasteiger partial charge in [0.25, 0.3) is 0 Å². The lowest BCUT2D eigenvalue weighted by Gasteiger charge is -2.24. The molecule has 0 saturated carbocycles. The van der Waals surface area contributed by atoms with Crippen LogP contribution in [0.25, 0.3) is 0 Å². The molecule has 1 saturated heterocycles. The van der Waals surface area contributed by atoms with E-state index < -0.39 is 0 Å². The Morgan fingerprint density at radius 2 is 2.00 bits per heavy atom. The highest BCUT2D eigenvalue weighted by atomic mass is 16.3. The second kappa shape index (κ2) is 6.88. The maximum atomic E-state index is 12.3. The lowest BCUT2D eigenvalue weighted by Crippen LogP contribution is -2.39. The molecule has 4 nitrogen and oxygen atoms in total. The second-order valence-corrected chi connectivity index (χ2v) is 5.23. The minimum Gasteiger partial charge on any atom is -0.396 e. The van der Waals surface area contributed by atoms with Crippen molar-refractivity contribution in [3.63, 3.8) is 0 Å². The van der Waals surface area contributed by atoms with Gasteiger partial charge in [-0.15, -0.1) is 0 Å². The van der Waals surface area contributed by atoms with Crippen molar-refractivity contribution in [3.8, 4) is 0 Å². The summed E-state index contributed by atoms with van der Waals surface area (Å²) in [5.41, 5.74) is 0. The third-order valence-electron chi connectivity index (χ3n) is 3.96. The number of amides is 2. The number of aliphatic hydroxyl groups excluding tert-OH is 1. The summed E-state index contributed by atoms with van der Waals surface area (Å²) in [6.45, 7) is 6.03. The molecule has 1 aliphatic rings. The first-order chi connectivity index (χ1) is 8.56. The van der Waals surface area contributed by atoms with E-state index in [2.05, 4.69) is 13.8 Å². The number of carbonyl (C=O) groups excluding carboxylic acids is 2. The van der Waals surface area contributed by atoms with E-state index in [4.69, 9.17) is 5.11 Å². The summed E-state index contributed by atoms with van der Waals surface area (Å²) < 4.78 is 0. The van der Waals surface area contributed by atoms with Gasteiger partial charge in [0.2, 0.25) is 11.8 Å². The Morgan fingerprint density at radius 3 is 2.50 bits per heavy atom. The average Bonchev–Trinajstić information content (AvgIpc) is 2.62. The molecule has 1 rings (SSSR count). The van der Waals surface area contributed by atoms with Gasteiger partial charge in [0, 0.05) is 19.1 Å². The molecule has 1 heterocycles. The molecule has 2 amide bonds. The molecule has 3 atom stereocenters. The van der Waals surface area contributed by atoms with Crippen LogP contribution in [0.4, 0.5) is 0 Å². The van der Waals surface area contributed by atoms with Crippen LogP contribution in [0.3, 0.4) is 0 Å². The quantitative estimate of drug-likeness (QED) is 0.707. The van der Waals surface area contributed by atoms with E-state index in [9.17, 15) is 9.59 Å². The highest BCUT2D eigenvalue weighted by Crippen LogP contribution is 2.33. The van der Waals surface area contributed by atoms with Crippen LogP contribution in [0.15, 0.2) is 0 Å². The van der Waals surface area contributed by atoms with Crippen LogP contribution >= 0.6 is 0 Å². The van der Waals surface area contributed by atoms with E-state index in [1.165, 1.54) is 4.90 Å². The molecule has 0 aliphatic carbocycles. The van der Waals surface area contributed by atoms with Crippen LogP contribution in [0.5, 0.6) is 0 Å². The molecule has 0 radical (unpaired) electrons. The summed E-state index contributed by atoms with van der Waals surface area (Å²) >= 11 is 0. The van der Waals surface area contributed by atoms with Crippen LogP contribution in [0, 0.1) is 11.8 Å². The second-order valence-electron chi connectivity index (χ2n) is 5.23. The van der Waals surface area contributed by atoms with E-state index >= 15 is 0 Å². The number of rotatable bonds is 7. The molecule has 1 fully saturated rings. The third kappa shape index (κ3) is 3.10. The van der Waals surface area contributed by atoms with Crippen molar-refractivity contribution in [3.05, 3.63) is 0 Å². The Balaban J connectivity index is 2.76. The molecule has 0 aromatic heterocycles. The largest absolute Gasteiger partial charge is 0.396 e. The molecule has 0 aromatic carbocycles. The minimum atomic E-state index is -0.181. The van der Waals surface area contributed by atoms with Gasteiger partial charge in [-0.05, 0) is 25.7 Å². The molecule has 4 heteroatoms. The first kappa shape index (κ1) is 15.2. The van der Waals surface area contributed by atoms with Crippen molar-refractivity contribution >= 4 is 11.8 Å². The summed E-state index contributed by atoms with van der Waals surface area (Å²) in [4.78, 5) is 25.7. The molecule has 1 N–H and O–H groups in total. The SMILES string of the molecule is CCCC(CC)C1CC(=O)N(C(C)CCO)C1=O. The maximum absolute atomic E-state index is 12.3. The zero-order chi connectivity index (χ0) is 13.7. The van der Waals surface area contributed by atoms with Crippen molar-refractivity contribution in [1.29, 1.82) is 0 Å². The Kier molecular flexibility index (Phi) is 5.79. The number of aliphatic hydroxyl groups is 1. The van der Waals surface area contributed by atoms with Crippen molar-refractivity contribution in [2.24, 2.45) is 11.8 Å². The van der Waals surface area contributed by atoms with Gasteiger partial charge in [0.1, 0.15) is 0 Å². The zero-order valence-electron chi connectivity index (χ0n) is 11.7. The topological polar surface area (TPSA) is 57.6 Å². The minimum absolute atomic E-state index is 0.00899. The van der Waals surface area contributed by atoms with Crippen LogP contribution in [0.1, 0.15) is 52.9 Å². The molecule has 0 aromatic rings. The van der Waals surface area contributed by atoms with Gasteiger partial charge in [0.15, 0.2) is 0 Å². The molecular formula is C14H25NO3. The van der Waals surface area contributed by atoms with Crippen LogP contribution in [0.2, 0.25) is 0 Å². The Bertz CT molecular complexity index is 303. The smallest absolute Gasteiger partial charge is 0.233 e. The zero-order valence-corrected chi connectivity index (χ0v) is 11.7. The highest BCUT2D eigenvalue weighted by Gasteiger charge is 2.43. The van der Waals surface area contributed by atoms with Gasteiger partial charge in [0.05, 0.1) is 5.92 Å². The first-order valence-corrected chi connectivity index (χ1v) is 7.03. The summed E-state index contributed by atoms with van der Waals surface area (Å²) in [6, 6.07) is -0.181. The molecule has 1 aliphatic heterocycles. The molecular weight excluding hydrogens is 230 g/mol. The van der Waals surface area contributed by atoms with Crippen molar-refractivity contribution in [1.82, 2.24) is 4.90 Å². The number of likely N-dealkylation sites (tertiary alicyclic amines) is 1. The van der Waals surface area contributed by atoms with Crippen LogP contribution < -0.4 is 0 Å². The van der Waals surface area contributed by atoms with Gasteiger partial charge in [-0.1, -0.05) is 26.7 Å². The van der Waals surface area contributed by atoms with Crippen LogP contribution in [-0.2, 0) is 9.59 Å². The van der Waals surface area contributed by atoms with Crippen molar-refractivity contribution in [2.45, 2.75) is 58.9 Å². The Morgan fingerprint density at radius 1 is 1.33 bits per heavy atom. The van der Waals surface area contributed by atoms with Crippen molar-refractivity contribution < 1.29 is 14.7 Å². The Hall–Kier alpha value is -0.900. The first-order valence-electron chi connectivity index (χ1n) is 7.03. The summed E-state index contributed by atoms with van der Waals surface area (Å²) in [7, 11) is 0. The molecule has 0 bridgehead atoms. The fraction of sp³-hybridized carbons (Fsp3) is 0.857. The molecule has 0 spiro atoms. The number of hydrogen-bond donors (Lipinski definition) is 1. The summed E-state index contributed by atoms with van der Waals surface area (Å²) in [6.07, 6.45) is 3.81. The van der Waals surface area contributed by atoms with Gasteiger partial charge in [-0.2, -0.15) is 0 Å². The van der Waals surface area contributed by atoms with Crippen LogP contribution in [-0.4, -0.2) is 34.5 Å². The fourth-order valence-corrected chi connectivity index (χ4v) is 2.88. The third-order valence-corrected chi connectivity index (χ3v) is 3.96. The summed E-state index contributed by atoms with van der Waals surface area (Å²) in [5.74, 6) is 0.0862. The number of imide groups is 1. The van der Waals surface area contributed by atoms with Crippen molar-refractivity contribution in [2.75, 3.05) is 6.61 Å². The van der Waals surface area contributed by atoms with E-state index in [0.717, 1.165) is 19.3 Å². The van der Waals surface area contributed by atoms with Gasteiger partial charge in [-0.3, -0.25) is 14.5 Å².